The standard InChI is InChI=1S/C24H18N2O2/c27-23-21-16-15-17-9-7-8-14-20(17)22(21)26(24(23)28)25(18-10-3-1-4-11-18)19-12-5-2-6-13-19/h1-14H,15-16H2. The summed E-state index contributed by atoms with van der Waals surface area (Å²) in [6, 6.07) is 27.4. The minimum Gasteiger partial charge on any atom is -0.283 e. The largest absolute Gasteiger partial charge is 0.318 e. The number of ketones is 1. The van der Waals surface area contributed by atoms with Crippen LogP contribution in [0.2, 0.25) is 0 Å². The van der Waals surface area contributed by atoms with Crippen LogP contribution in [-0.2, 0) is 16.0 Å². The van der Waals surface area contributed by atoms with Gasteiger partial charge in [0.2, 0.25) is 0 Å². The lowest BCUT2D eigenvalue weighted by molar-refractivity contribution is -0.139. The van der Waals surface area contributed by atoms with Gasteiger partial charge in [-0.2, -0.15) is 0 Å². The van der Waals surface area contributed by atoms with Gasteiger partial charge in [0.25, 0.3) is 5.78 Å². The summed E-state index contributed by atoms with van der Waals surface area (Å²) in [6.07, 6.45) is 1.36. The number of rotatable bonds is 3. The van der Waals surface area contributed by atoms with Gasteiger partial charge in [-0.25, -0.2) is 10.0 Å². The molecular formula is C24H18N2O2. The number of fused-ring (bicyclic) bond motifs is 2. The number of aryl methyl sites for hydroxylation is 1. The van der Waals surface area contributed by atoms with E-state index in [-0.39, 0.29) is 0 Å². The number of benzene rings is 3. The minimum atomic E-state index is -0.505. The fraction of sp³-hybridized carbons (Fsp3) is 0.0833. The van der Waals surface area contributed by atoms with E-state index >= 15 is 0 Å². The Morgan fingerprint density at radius 1 is 0.679 bits per heavy atom. The van der Waals surface area contributed by atoms with Crippen LogP contribution in [0.3, 0.4) is 0 Å². The highest BCUT2D eigenvalue weighted by Crippen LogP contribution is 2.42. The van der Waals surface area contributed by atoms with Crippen LogP contribution < -0.4 is 5.01 Å². The zero-order valence-electron chi connectivity index (χ0n) is 15.2. The monoisotopic (exact) mass is 366 g/mol. The Hall–Kier alpha value is -3.66. The molecule has 3 aromatic rings. The van der Waals surface area contributed by atoms with Crippen molar-refractivity contribution in [3.8, 4) is 0 Å². The molecule has 0 radical (unpaired) electrons. The van der Waals surface area contributed by atoms with E-state index in [0.29, 0.717) is 17.7 Å². The summed E-state index contributed by atoms with van der Waals surface area (Å²) in [6.45, 7) is 0. The van der Waals surface area contributed by atoms with Gasteiger partial charge in [-0.1, -0.05) is 60.7 Å². The van der Waals surface area contributed by atoms with Gasteiger partial charge in [-0.3, -0.25) is 9.59 Å². The average molecular weight is 366 g/mol. The SMILES string of the molecule is O=C1C(=O)N(N(c2ccccc2)c2ccccc2)C2=C1CCc1ccccc12. The number of carbonyl (C=O) groups is 2. The predicted octanol–water partition coefficient (Wildman–Crippen LogP) is 4.51. The molecule has 0 fully saturated rings. The minimum absolute atomic E-state index is 0.402. The molecule has 0 N–H and O–H groups in total. The summed E-state index contributed by atoms with van der Waals surface area (Å²) < 4.78 is 0. The Morgan fingerprint density at radius 2 is 1.25 bits per heavy atom. The zero-order chi connectivity index (χ0) is 19.1. The molecule has 2 aliphatic rings. The third-order valence-corrected chi connectivity index (χ3v) is 5.28. The van der Waals surface area contributed by atoms with E-state index in [1.807, 2.05) is 83.9 Å². The smallest absolute Gasteiger partial charge is 0.283 e. The second-order valence-corrected chi connectivity index (χ2v) is 6.91. The lowest BCUT2D eigenvalue weighted by Crippen LogP contribution is -2.41. The van der Waals surface area contributed by atoms with Crippen LogP contribution >= 0.6 is 0 Å². The number of nitrogens with zero attached hydrogens (tertiary/aromatic N) is 2. The molecule has 0 saturated carbocycles. The fourth-order valence-electron chi connectivity index (χ4n) is 4.01. The van der Waals surface area contributed by atoms with Crippen LogP contribution in [0.15, 0.2) is 90.5 Å². The first-order valence-corrected chi connectivity index (χ1v) is 9.36. The molecule has 28 heavy (non-hydrogen) atoms. The van der Waals surface area contributed by atoms with Crippen molar-refractivity contribution in [1.82, 2.24) is 5.01 Å². The molecule has 0 bridgehead atoms. The van der Waals surface area contributed by atoms with Crippen LogP contribution in [0.5, 0.6) is 0 Å². The normalized spacial score (nSPS) is 15.5. The Morgan fingerprint density at radius 3 is 1.89 bits per heavy atom. The Labute approximate surface area is 163 Å². The molecule has 1 aliphatic heterocycles. The number of hydrazine groups is 1. The molecule has 1 heterocycles. The first-order chi connectivity index (χ1) is 13.8. The van der Waals surface area contributed by atoms with Crippen molar-refractivity contribution in [1.29, 1.82) is 0 Å². The maximum Gasteiger partial charge on any atom is 0.318 e. The van der Waals surface area contributed by atoms with Crippen molar-refractivity contribution in [2.45, 2.75) is 12.8 Å². The highest BCUT2D eigenvalue weighted by atomic mass is 16.2. The van der Waals surface area contributed by atoms with Gasteiger partial charge in [0, 0.05) is 11.1 Å². The quantitative estimate of drug-likeness (QED) is 0.641. The van der Waals surface area contributed by atoms with E-state index in [9.17, 15) is 9.59 Å². The first kappa shape index (κ1) is 16.5. The van der Waals surface area contributed by atoms with E-state index < -0.39 is 11.7 Å². The highest BCUT2D eigenvalue weighted by Gasteiger charge is 2.44. The van der Waals surface area contributed by atoms with Crippen molar-refractivity contribution >= 4 is 28.8 Å². The summed E-state index contributed by atoms with van der Waals surface area (Å²) in [5.74, 6) is -0.907. The number of anilines is 2. The molecule has 1 aliphatic carbocycles. The third-order valence-electron chi connectivity index (χ3n) is 5.28. The van der Waals surface area contributed by atoms with Gasteiger partial charge in [-0.05, 0) is 42.7 Å². The molecule has 0 aromatic heterocycles. The molecular weight excluding hydrogens is 348 g/mol. The summed E-state index contributed by atoms with van der Waals surface area (Å²) in [7, 11) is 0. The van der Waals surface area contributed by atoms with Crippen LogP contribution in [0.25, 0.3) is 5.70 Å². The van der Waals surface area contributed by atoms with Crippen LogP contribution in [0.4, 0.5) is 11.4 Å². The molecule has 4 heteroatoms. The van der Waals surface area contributed by atoms with Gasteiger partial charge < -0.3 is 0 Å². The summed E-state index contributed by atoms with van der Waals surface area (Å²) in [4.78, 5) is 26.0. The lowest BCUT2D eigenvalue weighted by Gasteiger charge is -2.36. The molecule has 0 saturated heterocycles. The van der Waals surface area contributed by atoms with Gasteiger partial charge in [0.15, 0.2) is 0 Å². The van der Waals surface area contributed by atoms with Crippen LogP contribution in [0.1, 0.15) is 17.5 Å². The van der Waals surface area contributed by atoms with Crippen molar-refractivity contribution < 1.29 is 9.59 Å². The number of carbonyl (C=O) groups excluding carboxylic acids is 2. The number of amides is 1. The first-order valence-electron chi connectivity index (χ1n) is 9.36. The van der Waals surface area contributed by atoms with Crippen molar-refractivity contribution in [3.05, 3.63) is 102 Å². The molecule has 3 aromatic carbocycles. The maximum absolute atomic E-state index is 13.2. The van der Waals surface area contributed by atoms with Crippen LogP contribution in [-0.4, -0.2) is 16.7 Å². The predicted molar refractivity (Wildman–Crippen MR) is 109 cm³/mol. The Bertz CT molecular complexity index is 1060. The molecule has 5 rings (SSSR count). The number of para-hydroxylation sites is 2. The number of hydrogen-bond acceptors (Lipinski definition) is 3. The second kappa shape index (κ2) is 6.50. The van der Waals surface area contributed by atoms with E-state index in [1.54, 1.807) is 5.01 Å². The number of hydrogen-bond donors (Lipinski definition) is 0. The molecule has 4 nitrogen and oxygen atoms in total. The van der Waals surface area contributed by atoms with Gasteiger partial charge >= 0.3 is 5.91 Å². The van der Waals surface area contributed by atoms with E-state index in [2.05, 4.69) is 6.07 Å². The van der Waals surface area contributed by atoms with Gasteiger partial charge in [-0.15, -0.1) is 0 Å². The van der Waals surface area contributed by atoms with E-state index in [1.165, 1.54) is 0 Å². The Kier molecular flexibility index (Phi) is 3.83. The summed E-state index contributed by atoms with van der Waals surface area (Å²) in [5, 5.41) is 3.39. The number of Topliss-reactive ketones (excluding diaryl/α,β-unsaturated/α-hetero) is 1. The van der Waals surface area contributed by atoms with Gasteiger partial charge in [0.05, 0.1) is 17.1 Å². The van der Waals surface area contributed by atoms with Crippen molar-refractivity contribution in [2.24, 2.45) is 0 Å². The molecule has 0 atom stereocenters. The Balaban J connectivity index is 1.74. The summed E-state index contributed by atoms with van der Waals surface area (Å²) >= 11 is 0. The zero-order valence-corrected chi connectivity index (χ0v) is 15.2. The molecule has 0 spiro atoms. The van der Waals surface area contributed by atoms with E-state index in [4.69, 9.17) is 0 Å². The van der Waals surface area contributed by atoms with Crippen LogP contribution in [0, 0.1) is 0 Å². The summed E-state index contributed by atoms with van der Waals surface area (Å²) in [5.41, 5.74) is 5.10. The molecule has 136 valence electrons. The van der Waals surface area contributed by atoms with Crippen molar-refractivity contribution in [3.63, 3.8) is 0 Å². The average Bonchev–Trinajstić information content (AvgIpc) is 3.01. The lowest BCUT2D eigenvalue weighted by atomic mass is 9.89. The topological polar surface area (TPSA) is 40.6 Å². The van der Waals surface area contributed by atoms with Gasteiger partial charge in [0.1, 0.15) is 0 Å². The maximum atomic E-state index is 13.2. The highest BCUT2D eigenvalue weighted by molar-refractivity contribution is 6.49. The molecule has 1 amide bonds. The molecule has 0 unspecified atom stereocenters. The third kappa shape index (κ3) is 2.46. The van der Waals surface area contributed by atoms with E-state index in [0.717, 1.165) is 28.9 Å². The van der Waals surface area contributed by atoms with Crippen molar-refractivity contribution in [2.75, 3.05) is 5.01 Å². The second-order valence-electron chi connectivity index (χ2n) is 6.91. The fourth-order valence-corrected chi connectivity index (χ4v) is 4.01.